The van der Waals surface area contributed by atoms with Gasteiger partial charge in [-0.25, -0.2) is 4.57 Å². The lowest BCUT2D eigenvalue weighted by Crippen LogP contribution is -2.64. The lowest BCUT2D eigenvalue weighted by molar-refractivity contribution is -0.220. The summed E-state index contributed by atoms with van der Waals surface area (Å²) in [5.74, 6) is -1.11. The standard InChI is InChI=1S/C37H69O13P/c1-3-5-7-9-11-12-13-14-15-16-17-18-20-21-23-25-30(38)47-27-29(49-31(39)26-24-22-19-10-8-6-4-2)28-48-51(45,46)50-37-35(43)33(41)32(40)34(42)36(37)44/h9,11,29,32-37,40-44H,3-8,10,12-28H2,1-2H3,(H,45,46)/b11-9+/t29-,32?,33-,34?,35?,36?,37?/m0/s1. The minimum absolute atomic E-state index is 0.0978. The molecule has 0 aromatic carbocycles. The molecule has 0 aliphatic heterocycles. The van der Waals surface area contributed by atoms with Crippen molar-refractivity contribution < 1.29 is 63.1 Å². The number of hydrogen-bond donors (Lipinski definition) is 6. The summed E-state index contributed by atoms with van der Waals surface area (Å²) in [6.45, 7) is 3.18. The second-order valence-electron chi connectivity index (χ2n) is 13.8. The molecule has 51 heavy (non-hydrogen) atoms. The van der Waals surface area contributed by atoms with Gasteiger partial charge in [-0.15, -0.1) is 0 Å². The van der Waals surface area contributed by atoms with Crippen molar-refractivity contribution in [1.29, 1.82) is 0 Å². The first-order valence-electron chi connectivity index (χ1n) is 19.5. The van der Waals surface area contributed by atoms with Crippen LogP contribution in [-0.4, -0.2) is 98.3 Å². The summed E-state index contributed by atoms with van der Waals surface area (Å²) in [6.07, 6.45) is 13.2. The number of carbonyl (C=O) groups is 2. The summed E-state index contributed by atoms with van der Waals surface area (Å²) in [5.41, 5.74) is 0. The van der Waals surface area contributed by atoms with Crippen molar-refractivity contribution in [3.63, 3.8) is 0 Å². The number of hydrogen-bond acceptors (Lipinski definition) is 12. The van der Waals surface area contributed by atoms with E-state index in [9.17, 15) is 44.6 Å². The van der Waals surface area contributed by atoms with Crippen LogP contribution in [0.2, 0.25) is 0 Å². The monoisotopic (exact) mass is 752 g/mol. The van der Waals surface area contributed by atoms with E-state index in [-0.39, 0.29) is 12.8 Å². The molecule has 1 saturated carbocycles. The number of phosphoric ester groups is 1. The number of unbranched alkanes of at least 4 members (excludes halogenated alkanes) is 17. The minimum Gasteiger partial charge on any atom is -0.462 e. The molecule has 8 atom stereocenters. The minimum atomic E-state index is -5.10. The zero-order chi connectivity index (χ0) is 37.9. The van der Waals surface area contributed by atoms with Crippen LogP contribution >= 0.6 is 7.82 Å². The maximum atomic E-state index is 12.7. The Morgan fingerprint density at radius 3 is 1.55 bits per heavy atom. The van der Waals surface area contributed by atoms with Gasteiger partial charge in [0.05, 0.1) is 6.61 Å². The number of aliphatic hydroxyl groups is 5. The highest BCUT2D eigenvalue weighted by Crippen LogP contribution is 2.47. The summed E-state index contributed by atoms with van der Waals surface area (Å²) in [7, 11) is -5.10. The molecule has 0 aromatic heterocycles. The molecule has 0 saturated heterocycles. The molecule has 1 fully saturated rings. The van der Waals surface area contributed by atoms with E-state index in [0.717, 1.165) is 57.8 Å². The van der Waals surface area contributed by atoms with E-state index in [0.29, 0.717) is 12.8 Å². The molecule has 0 radical (unpaired) electrons. The highest BCUT2D eigenvalue weighted by atomic mass is 31.2. The average molecular weight is 753 g/mol. The van der Waals surface area contributed by atoms with Crippen LogP contribution < -0.4 is 0 Å². The molecule has 0 spiro atoms. The van der Waals surface area contributed by atoms with E-state index in [1.54, 1.807) is 0 Å². The Morgan fingerprint density at radius 1 is 0.588 bits per heavy atom. The van der Waals surface area contributed by atoms with Crippen LogP contribution in [0.4, 0.5) is 0 Å². The van der Waals surface area contributed by atoms with Crippen LogP contribution in [0.5, 0.6) is 0 Å². The highest BCUT2D eigenvalue weighted by molar-refractivity contribution is 7.47. The first kappa shape index (κ1) is 47.6. The van der Waals surface area contributed by atoms with Gasteiger partial charge in [0.25, 0.3) is 0 Å². The van der Waals surface area contributed by atoms with Gasteiger partial charge in [-0.2, -0.15) is 0 Å². The van der Waals surface area contributed by atoms with Gasteiger partial charge in [0.15, 0.2) is 6.10 Å². The molecule has 0 bridgehead atoms. The van der Waals surface area contributed by atoms with Crippen molar-refractivity contribution in [3.8, 4) is 0 Å². The van der Waals surface area contributed by atoms with Crippen molar-refractivity contribution in [3.05, 3.63) is 12.2 Å². The van der Waals surface area contributed by atoms with Crippen molar-refractivity contribution in [2.45, 2.75) is 198 Å². The third-order valence-electron chi connectivity index (χ3n) is 9.11. The second kappa shape index (κ2) is 29.0. The van der Waals surface area contributed by atoms with Crippen molar-refractivity contribution >= 4 is 19.8 Å². The molecular formula is C37H69O13P. The van der Waals surface area contributed by atoms with Crippen LogP contribution in [0.3, 0.4) is 0 Å². The Balaban J connectivity index is 2.48. The number of rotatable bonds is 31. The highest BCUT2D eigenvalue weighted by Gasteiger charge is 2.51. The van der Waals surface area contributed by atoms with Gasteiger partial charge in [-0.3, -0.25) is 18.6 Å². The van der Waals surface area contributed by atoms with Gasteiger partial charge >= 0.3 is 19.8 Å². The largest absolute Gasteiger partial charge is 0.472 e. The Labute approximate surface area is 305 Å². The predicted molar refractivity (Wildman–Crippen MR) is 194 cm³/mol. The Hall–Kier alpha value is -1.41. The molecule has 6 unspecified atom stereocenters. The number of carbonyl (C=O) groups excluding carboxylic acids is 2. The fourth-order valence-corrected chi connectivity index (χ4v) is 6.83. The predicted octanol–water partition coefficient (Wildman–Crippen LogP) is 5.94. The van der Waals surface area contributed by atoms with Crippen molar-refractivity contribution in [2.75, 3.05) is 13.2 Å². The third-order valence-corrected chi connectivity index (χ3v) is 10.1. The number of allylic oxidation sites excluding steroid dienone is 2. The van der Waals surface area contributed by atoms with Crippen molar-refractivity contribution in [2.24, 2.45) is 0 Å². The lowest BCUT2D eigenvalue weighted by atomic mass is 9.85. The van der Waals surface area contributed by atoms with Gasteiger partial charge in [0, 0.05) is 12.8 Å². The molecule has 1 rings (SSSR count). The number of aliphatic hydroxyl groups excluding tert-OH is 5. The van der Waals surface area contributed by atoms with E-state index in [2.05, 4.69) is 26.0 Å². The van der Waals surface area contributed by atoms with Crippen LogP contribution in [0, 0.1) is 0 Å². The molecule has 13 nitrogen and oxygen atoms in total. The fraction of sp³-hybridized carbons (Fsp3) is 0.892. The molecular weight excluding hydrogens is 683 g/mol. The van der Waals surface area contributed by atoms with Gasteiger partial charge in [-0.1, -0.05) is 122 Å². The summed E-state index contributed by atoms with van der Waals surface area (Å²) in [5, 5.41) is 49.8. The summed E-state index contributed by atoms with van der Waals surface area (Å²) >= 11 is 0. The fourth-order valence-electron chi connectivity index (χ4n) is 5.86. The number of phosphoric acid groups is 1. The zero-order valence-corrected chi connectivity index (χ0v) is 32.0. The number of ether oxygens (including phenoxy) is 2. The Morgan fingerprint density at radius 2 is 1.02 bits per heavy atom. The zero-order valence-electron chi connectivity index (χ0n) is 31.2. The molecule has 0 amide bonds. The van der Waals surface area contributed by atoms with Crippen molar-refractivity contribution in [1.82, 2.24) is 0 Å². The third kappa shape index (κ3) is 22.4. The van der Waals surface area contributed by atoms with E-state index in [4.69, 9.17) is 18.5 Å². The molecule has 0 heterocycles. The van der Waals surface area contributed by atoms with Crippen LogP contribution in [-0.2, 0) is 32.7 Å². The molecule has 0 aromatic rings. The summed E-state index contributed by atoms with van der Waals surface area (Å²) in [4.78, 5) is 35.3. The van der Waals surface area contributed by atoms with E-state index < -0.39 is 75.7 Å². The topological polar surface area (TPSA) is 210 Å². The summed E-state index contributed by atoms with van der Waals surface area (Å²) in [6, 6.07) is 0. The summed E-state index contributed by atoms with van der Waals surface area (Å²) < 4.78 is 33.2. The Bertz CT molecular complexity index is 964. The first-order valence-corrected chi connectivity index (χ1v) is 21.0. The smallest absolute Gasteiger partial charge is 0.462 e. The van der Waals surface area contributed by atoms with Crippen LogP contribution in [0.25, 0.3) is 0 Å². The quantitative estimate of drug-likeness (QED) is 0.0210. The SMILES string of the molecule is CCCC/C=C/CCCCCCCCCCCC(=O)OC[C@@H](COP(=O)(O)OC1C(O)C(O)C(O)[C@H](O)C1O)OC(=O)CCCCCCCCC. The molecule has 1 aliphatic rings. The molecule has 300 valence electrons. The van der Waals surface area contributed by atoms with Crippen LogP contribution in [0.15, 0.2) is 12.2 Å². The van der Waals surface area contributed by atoms with Gasteiger partial charge in [0.1, 0.15) is 43.2 Å². The van der Waals surface area contributed by atoms with Gasteiger partial charge in [0.2, 0.25) is 0 Å². The second-order valence-corrected chi connectivity index (χ2v) is 15.2. The maximum absolute atomic E-state index is 12.7. The first-order chi connectivity index (χ1) is 24.4. The lowest BCUT2D eigenvalue weighted by Gasteiger charge is -2.41. The van der Waals surface area contributed by atoms with Gasteiger partial charge in [-0.05, 0) is 32.1 Å². The molecule has 1 aliphatic carbocycles. The Kier molecular flexibility index (Phi) is 27.1. The molecule has 6 N–H and O–H groups in total. The van der Waals surface area contributed by atoms with Gasteiger partial charge < -0.3 is 39.9 Å². The average Bonchev–Trinajstić information content (AvgIpc) is 3.10. The van der Waals surface area contributed by atoms with Crippen LogP contribution in [0.1, 0.15) is 155 Å². The number of esters is 2. The van der Waals surface area contributed by atoms with E-state index >= 15 is 0 Å². The van der Waals surface area contributed by atoms with E-state index in [1.165, 1.54) is 57.8 Å². The molecule has 14 heteroatoms. The maximum Gasteiger partial charge on any atom is 0.472 e. The van der Waals surface area contributed by atoms with E-state index in [1.807, 2.05) is 0 Å². The normalized spacial score (nSPS) is 24.0.